The Hall–Kier alpha value is -0.570. The van der Waals surface area contributed by atoms with Gasteiger partial charge in [0.05, 0.1) is 7.11 Å². The van der Waals surface area contributed by atoms with Crippen LogP contribution in [0.15, 0.2) is 0 Å². The molecule has 1 atom stereocenters. The summed E-state index contributed by atoms with van der Waals surface area (Å²) in [6.45, 7) is 7.88. The Balaban J connectivity index is 5.02. The van der Waals surface area contributed by atoms with Crippen LogP contribution in [0, 0.1) is 11.8 Å². The van der Waals surface area contributed by atoms with E-state index in [1.807, 2.05) is 13.8 Å². The molecule has 0 heterocycles. The fourth-order valence-electron chi connectivity index (χ4n) is 2.32. The number of esters is 1. The number of ether oxygens (including phenoxy) is 1. The molecule has 0 aromatic heterocycles. The first kappa shape index (κ1) is 15.4. The number of rotatable bonds is 7. The fourth-order valence-corrected chi connectivity index (χ4v) is 2.32. The number of hydrogen-bond donors (Lipinski definition) is 1. The largest absolute Gasteiger partial charge is 0.467 e. The topological polar surface area (TPSA) is 46.5 Å². The predicted octanol–water partition coefficient (Wildman–Crippen LogP) is 2.76. The Morgan fingerprint density at radius 1 is 1.25 bits per heavy atom. The van der Waals surface area contributed by atoms with E-state index < -0.39 is 11.6 Å². The van der Waals surface area contributed by atoms with E-state index in [1.54, 1.807) is 0 Å². The van der Waals surface area contributed by atoms with E-state index in [4.69, 9.17) is 4.74 Å². The van der Waals surface area contributed by atoms with Crippen molar-refractivity contribution < 1.29 is 14.6 Å². The fraction of sp³-hybridized carbons (Fsp3) is 0.923. The van der Waals surface area contributed by atoms with E-state index >= 15 is 0 Å². The zero-order valence-electron chi connectivity index (χ0n) is 11.2. The standard InChI is InChI=1S/C13H26O3/c1-6-8-11(9-7-2)13(15,10(3)4)12(14)16-5/h10-11,15H,6-9H2,1-5H3. The summed E-state index contributed by atoms with van der Waals surface area (Å²) in [6, 6.07) is 0. The second-order valence-electron chi connectivity index (χ2n) is 4.75. The summed E-state index contributed by atoms with van der Waals surface area (Å²) >= 11 is 0. The first-order valence-electron chi connectivity index (χ1n) is 6.25. The third-order valence-corrected chi connectivity index (χ3v) is 3.29. The summed E-state index contributed by atoms with van der Waals surface area (Å²) in [6.07, 6.45) is 3.66. The van der Waals surface area contributed by atoms with Crippen molar-refractivity contribution in [2.45, 2.75) is 59.0 Å². The molecule has 0 fully saturated rings. The first-order valence-corrected chi connectivity index (χ1v) is 6.25. The number of aliphatic hydroxyl groups is 1. The highest BCUT2D eigenvalue weighted by molar-refractivity contribution is 5.79. The van der Waals surface area contributed by atoms with Gasteiger partial charge >= 0.3 is 5.97 Å². The molecular formula is C13H26O3. The van der Waals surface area contributed by atoms with Crippen molar-refractivity contribution in [1.29, 1.82) is 0 Å². The van der Waals surface area contributed by atoms with Gasteiger partial charge in [0, 0.05) is 0 Å². The number of methoxy groups -OCH3 is 1. The van der Waals surface area contributed by atoms with Gasteiger partial charge in [0.25, 0.3) is 0 Å². The number of carbonyl (C=O) groups is 1. The molecule has 0 spiro atoms. The van der Waals surface area contributed by atoms with Crippen molar-refractivity contribution in [3.8, 4) is 0 Å². The third kappa shape index (κ3) is 3.21. The lowest BCUT2D eigenvalue weighted by Gasteiger charge is -2.36. The average molecular weight is 230 g/mol. The van der Waals surface area contributed by atoms with Crippen LogP contribution >= 0.6 is 0 Å². The van der Waals surface area contributed by atoms with Crippen LogP contribution in [0.4, 0.5) is 0 Å². The lowest BCUT2D eigenvalue weighted by molar-refractivity contribution is -0.176. The number of hydrogen-bond acceptors (Lipinski definition) is 3. The van der Waals surface area contributed by atoms with Crippen molar-refractivity contribution in [2.75, 3.05) is 7.11 Å². The van der Waals surface area contributed by atoms with Gasteiger partial charge in [-0.25, -0.2) is 4.79 Å². The summed E-state index contributed by atoms with van der Waals surface area (Å²) in [7, 11) is 1.34. The molecule has 3 heteroatoms. The molecule has 0 bridgehead atoms. The zero-order valence-corrected chi connectivity index (χ0v) is 11.2. The molecule has 0 rings (SSSR count). The van der Waals surface area contributed by atoms with E-state index in [-0.39, 0.29) is 11.8 Å². The first-order chi connectivity index (χ1) is 7.44. The van der Waals surface area contributed by atoms with Crippen molar-refractivity contribution in [3.05, 3.63) is 0 Å². The van der Waals surface area contributed by atoms with Gasteiger partial charge < -0.3 is 9.84 Å². The molecule has 0 aromatic rings. The van der Waals surface area contributed by atoms with E-state index in [0.717, 1.165) is 25.7 Å². The molecule has 0 aliphatic rings. The van der Waals surface area contributed by atoms with Crippen molar-refractivity contribution in [3.63, 3.8) is 0 Å². The monoisotopic (exact) mass is 230 g/mol. The maximum absolute atomic E-state index is 11.8. The Bertz CT molecular complexity index is 207. The van der Waals surface area contributed by atoms with Crippen LogP contribution < -0.4 is 0 Å². The highest BCUT2D eigenvalue weighted by Crippen LogP contribution is 2.34. The third-order valence-electron chi connectivity index (χ3n) is 3.29. The Kier molecular flexibility index (Phi) is 6.65. The molecular weight excluding hydrogens is 204 g/mol. The van der Waals surface area contributed by atoms with Crippen LogP contribution in [0.1, 0.15) is 53.4 Å². The highest BCUT2D eigenvalue weighted by Gasteiger charge is 2.46. The van der Waals surface area contributed by atoms with Crippen LogP contribution in [-0.2, 0) is 9.53 Å². The van der Waals surface area contributed by atoms with Crippen molar-refractivity contribution >= 4 is 5.97 Å². The predicted molar refractivity (Wildman–Crippen MR) is 65.1 cm³/mol. The quantitative estimate of drug-likeness (QED) is 0.684. The van der Waals surface area contributed by atoms with Gasteiger partial charge in [-0.3, -0.25) is 0 Å². The van der Waals surface area contributed by atoms with Crippen LogP contribution in [0.3, 0.4) is 0 Å². The summed E-state index contributed by atoms with van der Waals surface area (Å²) in [4.78, 5) is 11.8. The molecule has 0 saturated carbocycles. The average Bonchev–Trinajstić information content (AvgIpc) is 2.26. The lowest BCUT2D eigenvalue weighted by Crippen LogP contribution is -2.51. The van der Waals surface area contributed by atoms with Gasteiger partial charge in [-0.2, -0.15) is 0 Å². The van der Waals surface area contributed by atoms with E-state index in [2.05, 4.69) is 13.8 Å². The summed E-state index contributed by atoms with van der Waals surface area (Å²) in [5.41, 5.74) is -1.33. The minimum atomic E-state index is -1.33. The van der Waals surface area contributed by atoms with Gasteiger partial charge in [0.2, 0.25) is 0 Å². The van der Waals surface area contributed by atoms with Crippen molar-refractivity contribution in [1.82, 2.24) is 0 Å². The second-order valence-corrected chi connectivity index (χ2v) is 4.75. The second kappa shape index (κ2) is 6.89. The molecule has 0 aliphatic carbocycles. The maximum Gasteiger partial charge on any atom is 0.338 e. The van der Waals surface area contributed by atoms with Gasteiger partial charge in [0.1, 0.15) is 0 Å². The molecule has 16 heavy (non-hydrogen) atoms. The smallest absolute Gasteiger partial charge is 0.338 e. The maximum atomic E-state index is 11.8. The number of carbonyl (C=O) groups excluding carboxylic acids is 1. The van der Waals surface area contributed by atoms with Crippen LogP contribution in [0.2, 0.25) is 0 Å². The molecule has 0 aliphatic heterocycles. The van der Waals surface area contributed by atoms with Gasteiger partial charge in [-0.1, -0.05) is 40.5 Å². The SMILES string of the molecule is CCCC(CCC)C(O)(C(=O)OC)C(C)C. The van der Waals surface area contributed by atoms with Gasteiger partial charge in [-0.05, 0) is 24.7 Å². The molecule has 1 N–H and O–H groups in total. The molecule has 0 amide bonds. The normalized spacial score (nSPS) is 15.2. The van der Waals surface area contributed by atoms with Gasteiger partial charge in [0.15, 0.2) is 5.60 Å². The van der Waals surface area contributed by atoms with Crippen LogP contribution in [-0.4, -0.2) is 23.8 Å². The summed E-state index contributed by atoms with van der Waals surface area (Å²) < 4.78 is 4.76. The van der Waals surface area contributed by atoms with Gasteiger partial charge in [-0.15, -0.1) is 0 Å². The molecule has 0 saturated heterocycles. The molecule has 3 nitrogen and oxygen atoms in total. The molecule has 1 unspecified atom stereocenters. The van der Waals surface area contributed by atoms with E-state index in [9.17, 15) is 9.90 Å². The van der Waals surface area contributed by atoms with E-state index in [1.165, 1.54) is 7.11 Å². The Labute approximate surface area is 99.2 Å². The lowest BCUT2D eigenvalue weighted by atomic mass is 9.74. The summed E-state index contributed by atoms with van der Waals surface area (Å²) in [5, 5.41) is 10.6. The van der Waals surface area contributed by atoms with Crippen LogP contribution in [0.25, 0.3) is 0 Å². The molecule has 0 aromatic carbocycles. The summed E-state index contributed by atoms with van der Waals surface area (Å²) in [5.74, 6) is -0.618. The van der Waals surface area contributed by atoms with Crippen LogP contribution in [0.5, 0.6) is 0 Å². The minimum Gasteiger partial charge on any atom is -0.467 e. The van der Waals surface area contributed by atoms with E-state index in [0.29, 0.717) is 0 Å². The Morgan fingerprint density at radius 3 is 1.94 bits per heavy atom. The molecule has 96 valence electrons. The molecule has 0 radical (unpaired) electrons. The highest BCUT2D eigenvalue weighted by atomic mass is 16.5. The Morgan fingerprint density at radius 2 is 1.69 bits per heavy atom. The van der Waals surface area contributed by atoms with Crippen molar-refractivity contribution in [2.24, 2.45) is 11.8 Å². The zero-order chi connectivity index (χ0) is 12.8. The minimum absolute atomic E-state index is 0.00468.